The van der Waals surface area contributed by atoms with Gasteiger partial charge in [-0.2, -0.15) is 0 Å². The van der Waals surface area contributed by atoms with Gasteiger partial charge >= 0.3 is 0 Å². The standard InChI is InChI=1S/C21H22N4O/c1-4-16-7-5-6-15(3)19(16)25-20(26)17-12-22-21(23-13-17)24-18-10-8-14(2)9-11-18/h5-13H,4H2,1-3H3,(H,25,26)(H,22,23,24). The van der Waals surface area contributed by atoms with Crippen molar-refractivity contribution < 1.29 is 4.79 Å². The maximum Gasteiger partial charge on any atom is 0.258 e. The minimum absolute atomic E-state index is 0.212. The number of aromatic nitrogens is 2. The summed E-state index contributed by atoms with van der Waals surface area (Å²) in [5, 5.41) is 6.10. The molecule has 5 nitrogen and oxygen atoms in total. The molecule has 0 spiro atoms. The smallest absolute Gasteiger partial charge is 0.258 e. The number of nitrogens with one attached hydrogen (secondary N) is 2. The highest BCUT2D eigenvalue weighted by Gasteiger charge is 2.11. The summed E-state index contributed by atoms with van der Waals surface area (Å²) in [6, 6.07) is 14.0. The molecule has 3 aromatic rings. The zero-order chi connectivity index (χ0) is 18.5. The van der Waals surface area contributed by atoms with Gasteiger partial charge in [0.15, 0.2) is 0 Å². The van der Waals surface area contributed by atoms with Crippen molar-refractivity contribution in [2.24, 2.45) is 0 Å². The molecule has 132 valence electrons. The average Bonchev–Trinajstić information content (AvgIpc) is 2.65. The molecular formula is C21H22N4O. The van der Waals surface area contributed by atoms with Crippen molar-refractivity contribution in [2.75, 3.05) is 10.6 Å². The number of benzene rings is 2. The van der Waals surface area contributed by atoms with Crippen molar-refractivity contribution in [1.29, 1.82) is 0 Å². The number of rotatable bonds is 5. The molecule has 0 fully saturated rings. The van der Waals surface area contributed by atoms with Gasteiger partial charge in [0.1, 0.15) is 0 Å². The summed E-state index contributed by atoms with van der Waals surface area (Å²) in [5.74, 6) is 0.242. The third-order valence-corrected chi connectivity index (χ3v) is 4.20. The number of anilines is 3. The lowest BCUT2D eigenvalue weighted by molar-refractivity contribution is 0.102. The lowest BCUT2D eigenvalue weighted by Gasteiger charge is -2.13. The lowest BCUT2D eigenvalue weighted by atomic mass is 10.1. The van der Waals surface area contributed by atoms with E-state index in [9.17, 15) is 4.79 Å². The fourth-order valence-corrected chi connectivity index (χ4v) is 2.66. The molecule has 0 aliphatic carbocycles. The Labute approximate surface area is 153 Å². The van der Waals surface area contributed by atoms with Gasteiger partial charge in [0.2, 0.25) is 5.95 Å². The second-order valence-corrected chi connectivity index (χ2v) is 6.20. The van der Waals surface area contributed by atoms with E-state index in [-0.39, 0.29) is 5.91 Å². The van der Waals surface area contributed by atoms with E-state index in [1.807, 2.05) is 56.3 Å². The van der Waals surface area contributed by atoms with Crippen molar-refractivity contribution in [3.63, 3.8) is 0 Å². The van der Waals surface area contributed by atoms with Crippen LogP contribution in [-0.4, -0.2) is 15.9 Å². The Morgan fingerprint density at radius 1 is 1.00 bits per heavy atom. The summed E-state index contributed by atoms with van der Waals surface area (Å²) in [4.78, 5) is 21.0. The van der Waals surface area contributed by atoms with Gasteiger partial charge in [0, 0.05) is 23.8 Å². The Kier molecular flexibility index (Phi) is 5.27. The van der Waals surface area contributed by atoms with Gasteiger partial charge in [-0.15, -0.1) is 0 Å². The molecule has 0 unspecified atom stereocenters. The van der Waals surface area contributed by atoms with Gasteiger partial charge in [0.05, 0.1) is 5.56 Å². The van der Waals surface area contributed by atoms with E-state index in [0.29, 0.717) is 11.5 Å². The summed E-state index contributed by atoms with van der Waals surface area (Å²) < 4.78 is 0. The van der Waals surface area contributed by atoms with Gasteiger partial charge in [-0.3, -0.25) is 4.79 Å². The zero-order valence-electron chi connectivity index (χ0n) is 15.2. The first-order valence-corrected chi connectivity index (χ1v) is 8.62. The van der Waals surface area contributed by atoms with Crippen molar-refractivity contribution >= 4 is 23.2 Å². The lowest BCUT2D eigenvalue weighted by Crippen LogP contribution is -2.15. The van der Waals surface area contributed by atoms with Crippen LogP contribution in [0.2, 0.25) is 0 Å². The van der Waals surface area contributed by atoms with Gasteiger partial charge in [-0.1, -0.05) is 42.8 Å². The van der Waals surface area contributed by atoms with Crippen LogP contribution < -0.4 is 10.6 Å². The number of aryl methyl sites for hydroxylation is 3. The number of hydrogen-bond donors (Lipinski definition) is 2. The molecule has 0 atom stereocenters. The molecule has 0 saturated heterocycles. The number of para-hydroxylation sites is 1. The second kappa shape index (κ2) is 7.78. The van der Waals surface area contributed by atoms with Crippen LogP contribution in [0.5, 0.6) is 0 Å². The third kappa shape index (κ3) is 4.06. The van der Waals surface area contributed by atoms with Crippen LogP contribution in [0, 0.1) is 13.8 Å². The van der Waals surface area contributed by atoms with Crippen molar-refractivity contribution in [3.05, 3.63) is 77.1 Å². The highest BCUT2D eigenvalue weighted by molar-refractivity contribution is 6.04. The van der Waals surface area contributed by atoms with Crippen LogP contribution in [0.25, 0.3) is 0 Å². The minimum Gasteiger partial charge on any atom is -0.324 e. The molecule has 0 bridgehead atoms. The van der Waals surface area contributed by atoms with Gasteiger partial charge < -0.3 is 10.6 Å². The maximum absolute atomic E-state index is 12.5. The molecule has 3 rings (SSSR count). The van der Waals surface area contributed by atoms with E-state index in [1.165, 1.54) is 18.0 Å². The first-order chi connectivity index (χ1) is 12.6. The van der Waals surface area contributed by atoms with E-state index >= 15 is 0 Å². The molecule has 26 heavy (non-hydrogen) atoms. The SMILES string of the molecule is CCc1cccc(C)c1NC(=O)c1cnc(Nc2ccc(C)cc2)nc1. The summed E-state index contributed by atoms with van der Waals surface area (Å²) >= 11 is 0. The van der Waals surface area contributed by atoms with Gasteiger partial charge in [0.25, 0.3) is 5.91 Å². The highest BCUT2D eigenvalue weighted by Crippen LogP contribution is 2.22. The third-order valence-electron chi connectivity index (χ3n) is 4.20. The average molecular weight is 346 g/mol. The molecule has 0 aliphatic heterocycles. The number of carbonyl (C=O) groups is 1. The topological polar surface area (TPSA) is 66.9 Å². The van der Waals surface area contributed by atoms with Crippen LogP contribution in [0.4, 0.5) is 17.3 Å². The fourth-order valence-electron chi connectivity index (χ4n) is 2.66. The molecule has 0 aliphatic rings. The van der Waals surface area contributed by atoms with Gasteiger partial charge in [-0.05, 0) is 43.5 Å². The number of amides is 1. The van der Waals surface area contributed by atoms with E-state index in [0.717, 1.165) is 28.9 Å². The normalized spacial score (nSPS) is 10.4. The summed E-state index contributed by atoms with van der Waals surface area (Å²) in [6.45, 7) is 6.09. The molecule has 0 radical (unpaired) electrons. The quantitative estimate of drug-likeness (QED) is 0.705. The Balaban J connectivity index is 1.72. The Bertz CT molecular complexity index is 902. The summed E-state index contributed by atoms with van der Waals surface area (Å²) in [6.07, 6.45) is 3.92. The zero-order valence-corrected chi connectivity index (χ0v) is 15.2. The highest BCUT2D eigenvalue weighted by atomic mass is 16.1. The van der Waals surface area contributed by atoms with E-state index in [2.05, 4.69) is 27.5 Å². The van der Waals surface area contributed by atoms with Crippen LogP contribution in [0.1, 0.15) is 34.0 Å². The second-order valence-electron chi connectivity index (χ2n) is 6.20. The number of nitrogens with zero attached hydrogens (tertiary/aromatic N) is 2. The van der Waals surface area contributed by atoms with E-state index < -0.39 is 0 Å². The predicted octanol–water partition coefficient (Wildman–Crippen LogP) is 4.65. The molecule has 2 N–H and O–H groups in total. The van der Waals surface area contributed by atoms with Crippen LogP contribution in [0.15, 0.2) is 54.9 Å². The van der Waals surface area contributed by atoms with Crippen molar-refractivity contribution in [3.8, 4) is 0 Å². The largest absolute Gasteiger partial charge is 0.324 e. The minimum atomic E-state index is -0.212. The molecule has 1 aromatic heterocycles. The predicted molar refractivity (Wildman–Crippen MR) is 105 cm³/mol. The first-order valence-electron chi connectivity index (χ1n) is 8.62. The summed E-state index contributed by atoms with van der Waals surface area (Å²) in [5.41, 5.74) is 5.52. The number of carbonyl (C=O) groups excluding carboxylic acids is 1. The van der Waals surface area contributed by atoms with Crippen molar-refractivity contribution in [2.45, 2.75) is 27.2 Å². The maximum atomic E-state index is 12.5. The molecule has 1 amide bonds. The monoisotopic (exact) mass is 346 g/mol. The molecule has 5 heteroatoms. The molecular weight excluding hydrogens is 324 g/mol. The summed E-state index contributed by atoms with van der Waals surface area (Å²) in [7, 11) is 0. The molecule has 1 heterocycles. The van der Waals surface area contributed by atoms with Crippen molar-refractivity contribution in [1.82, 2.24) is 9.97 Å². The number of hydrogen-bond acceptors (Lipinski definition) is 4. The van der Waals surface area contributed by atoms with Crippen LogP contribution >= 0.6 is 0 Å². The molecule has 0 saturated carbocycles. The Morgan fingerprint density at radius 2 is 1.69 bits per heavy atom. The van der Waals surface area contributed by atoms with E-state index in [4.69, 9.17) is 0 Å². The molecule has 2 aromatic carbocycles. The van der Waals surface area contributed by atoms with E-state index in [1.54, 1.807) is 0 Å². The van der Waals surface area contributed by atoms with Gasteiger partial charge in [-0.25, -0.2) is 9.97 Å². The van der Waals surface area contributed by atoms with Crippen LogP contribution in [0.3, 0.4) is 0 Å². The van der Waals surface area contributed by atoms with Crippen LogP contribution in [-0.2, 0) is 6.42 Å². The first kappa shape index (κ1) is 17.6. The Hall–Kier alpha value is -3.21. The Morgan fingerprint density at radius 3 is 2.35 bits per heavy atom. The fraction of sp³-hybridized carbons (Fsp3) is 0.190.